The highest BCUT2D eigenvalue weighted by Crippen LogP contribution is 2.29. The Hall–Kier alpha value is -1.49. The van der Waals surface area contributed by atoms with Crippen LogP contribution in [0.25, 0.3) is 0 Å². The van der Waals surface area contributed by atoms with Crippen LogP contribution in [0.3, 0.4) is 0 Å². The first kappa shape index (κ1) is 11.6. The number of halogens is 3. The van der Waals surface area contributed by atoms with E-state index in [0.29, 0.717) is 0 Å². The number of rotatable bonds is 3. The maximum Gasteiger partial charge on any atom is 0.573 e. The molecule has 0 saturated heterocycles. The number of benzene rings is 1. The van der Waals surface area contributed by atoms with Crippen LogP contribution >= 0.6 is 0 Å². The molecule has 1 aromatic rings. The van der Waals surface area contributed by atoms with E-state index in [2.05, 4.69) is 11.3 Å². The van der Waals surface area contributed by atoms with Gasteiger partial charge >= 0.3 is 6.36 Å². The molecule has 0 spiro atoms. The zero-order chi connectivity index (χ0) is 11.5. The molecule has 0 saturated carbocycles. The molecule has 2 N–H and O–H groups in total. The maximum atomic E-state index is 12.0. The molecule has 0 aliphatic heterocycles. The van der Waals surface area contributed by atoms with Gasteiger partial charge in [-0.2, -0.15) is 0 Å². The highest BCUT2D eigenvalue weighted by atomic mass is 19.4. The van der Waals surface area contributed by atoms with Crippen LogP contribution in [-0.2, 0) is 0 Å². The molecule has 2 nitrogen and oxygen atoms in total. The van der Waals surface area contributed by atoms with Gasteiger partial charge in [0.15, 0.2) is 0 Å². The first-order chi connectivity index (χ1) is 6.94. The minimum Gasteiger partial charge on any atom is -0.405 e. The average Bonchev–Trinajstić information content (AvgIpc) is 2.15. The molecule has 1 aromatic carbocycles. The van der Waals surface area contributed by atoms with Crippen LogP contribution in [0.15, 0.2) is 36.9 Å². The Kier molecular flexibility index (Phi) is 3.36. The Morgan fingerprint density at radius 2 is 1.93 bits per heavy atom. The van der Waals surface area contributed by atoms with Crippen molar-refractivity contribution in [3.05, 3.63) is 42.5 Å². The van der Waals surface area contributed by atoms with Crippen LogP contribution in [0.4, 0.5) is 13.2 Å². The van der Waals surface area contributed by atoms with Gasteiger partial charge in [0.05, 0.1) is 6.04 Å². The molecule has 82 valence electrons. The van der Waals surface area contributed by atoms with Crippen LogP contribution in [0, 0.1) is 0 Å². The van der Waals surface area contributed by atoms with E-state index in [4.69, 9.17) is 5.73 Å². The predicted molar refractivity (Wildman–Crippen MR) is 50.3 cm³/mol. The Bertz CT molecular complexity index is 349. The van der Waals surface area contributed by atoms with E-state index >= 15 is 0 Å². The van der Waals surface area contributed by atoms with E-state index in [1.807, 2.05) is 0 Å². The van der Waals surface area contributed by atoms with E-state index in [-0.39, 0.29) is 11.3 Å². The van der Waals surface area contributed by atoms with E-state index in [0.717, 1.165) is 0 Å². The second-order valence-electron chi connectivity index (χ2n) is 2.85. The summed E-state index contributed by atoms with van der Waals surface area (Å²) in [5, 5.41) is 0. The Balaban J connectivity index is 3.01. The van der Waals surface area contributed by atoms with Gasteiger partial charge in [-0.3, -0.25) is 0 Å². The zero-order valence-electron chi connectivity index (χ0n) is 7.79. The summed E-state index contributed by atoms with van der Waals surface area (Å²) in [5.74, 6) is -0.294. The van der Waals surface area contributed by atoms with Crippen molar-refractivity contribution in [2.75, 3.05) is 0 Å². The third-order valence-corrected chi connectivity index (χ3v) is 1.76. The SMILES string of the molecule is C=C[C@H](N)c1ccccc1OC(F)(F)F. The highest BCUT2D eigenvalue weighted by molar-refractivity contribution is 5.37. The van der Waals surface area contributed by atoms with E-state index in [1.165, 1.54) is 24.3 Å². The Labute approximate surface area is 85.2 Å². The van der Waals surface area contributed by atoms with Crippen molar-refractivity contribution in [3.8, 4) is 5.75 Å². The number of nitrogens with two attached hydrogens (primary N) is 1. The normalized spacial score (nSPS) is 13.3. The van der Waals surface area contributed by atoms with E-state index in [1.54, 1.807) is 6.07 Å². The smallest absolute Gasteiger partial charge is 0.405 e. The van der Waals surface area contributed by atoms with Crippen molar-refractivity contribution in [2.24, 2.45) is 5.73 Å². The largest absolute Gasteiger partial charge is 0.573 e. The minimum atomic E-state index is -4.71. The summed E-state index contributed by atoms with van der Waals surface area (Å²) in [6.45, 7) is 3.41. The van der Waals surface area contributed by atoms with E-state index < -0.39 is 12.4 Å². The lowest BCUT2D eigenvalue weighted by Crippen LogP contribution is -2.19. The van der Waals surface area contributed by atoms with Gasteiger partial charge in [-0.25, -0.2) is 0 Å². The minimum absolute atomic E-state index is 0.254. The fraction of sp³-hybridized carbons (Fsp3) is 0.200. The number of hydrogen-bond donors (Lipinski definition) is 1. The van der Waals surface area contributed by atoms with Gasteiger partial charge in [-0.1, -0.05) is 24.3 Å². The summed E-state index contributed by atoms with van der Waals surface area (Å²) < 4.78 is 39.8. The molecule has 0 aliphatic rings. The molecular weight excluding hydrogens is 207 g/mol. The van der Waals surface area contributed by atoms with Crippen LogP contribution < -0.4 is 10.5 Å². The van der Waals surface area contributed by atoms with Crippen molar-refractivity contribution in [1.82, 2.24) is 0 Å². The molecule has 0 fully saturated rings. The molecule has 0 radical (unpaired) electrons. The fourth-order valence-electron chi connectivity index (χ4n) is 1.10. The van der Waals surface area contributed by atoms with Crippen molar-refractivity contribution in [3.63, 3.8) is 0 Å². The maximum absolute atomic E-state index is 12.0. The van der Waals surface area contributed by atoms with Crippen molar-refractivity contribution < 1.29 is 17.9 Å². The average molecular weight is 217 g/mol. The monoisotopic (exact) mass is 217 g/mol. The van der Waals surface area contributed by atoms with Crippen LogP contribution in [0.2, 0.25) is 0 Å². The molecule has 0 aliphatic carbocycles. The predicted octanol–water partition coefficient (Wildman–Crippen LogP) is 2.77. The molecule has 0 heterocycles. The molecule has 0 bridgehead atoms. The van der Waals surface area contributed by atoms with Crippen molar-refractivity contribution >= 4 is 0 Å². The van der Waals surface area contributed by atoms with Gasteiger partial charge in [-0.15, -0.1) is 19.8 Å². The third-order valence-electron chi connectivity index (χ3n) is 1.76. The summed E-state index contributed by atoms with van der Waals surface area (Å²) in [5.41, 5.74) is 5.80. The number of hydrogen-bond acceptors (Lipinski definition) is 2. The third kappa shape index (κ3) is 3.28. The van der Waals surface area contributed by atoms with Crippen LogP contribution in [-0.4, -0.2) is 6.36 Å². The van der Waals surface area contributed by atoms with E-state index in [9.17, 15) is 13.2 Å². The lowest BCUT2D eigenvalue weighted by molar-refractivity contribution is -0.274. The number of ether oxygens (including phenoxy) is 1. The molecule has 0 unspecified atom stereocenters. The summed E-state index contributed by atoms with van der Waals surface area (Å²) in [7, 11) is 0. The van der Waals surface area contributed by atoms with Gasteiger partial charge in [0, 0.05) is 5.56 Å². The topological polar surface area (TPSA) is 35.2 Å². The molecular formula is C10H10F3NO. The number of alkyl halides is 3. The lowest BCUT2D eigenvalue weighted by atomic mass is 10.1. The van der Waals surface area contributed by atoms with Gasteiger partial charge in [0.1, 0.15) is 5.75 Å². The first-order valence-electron chi connectivity index (χ1n) is 4.17. The summed E-state index contributed by atoms with van der Waals surface area (Å²) >= 11 is 0. The molecule has 5 heteroatoms. The Morgan fingerprint density at radius 3 is 2.47 bits per heavy atom. The second-order valence-corrected chi connectivity index (χ2v) is 2.85. The van der Waals surface area contributed by atoms with Gasteiger partial charge in [0.2, 0.25) is 0 Å². The van der Waals surface area contributed by atoms with Gasteiger partial charge in [-0.05, 0) is 6.07 Å². The quantitative estimate of drug-likeness (QED) is 0.790. The molecule has 1 rings (SSSR count). The molecule has 15 heavy (non-hydrogen) atoms. The highest BCUT2D eigenvalue weighted by Gasteiger charge is 2.32. The Morgan fingerprint density at radius 1 is 1.33 bits per heavy atom. The fourth-order valence-corrected chi connectivity index (χ4v) is 1.10. The lowest BCUT2D eigenvalue weighted by Gasteiger charge is -2.15. The van der Waals surface area contributed by atoms with Crippen LogP contribution in [0.1, 0.15) is 11.6 Å². The second kappa shape index (κ2) is 4.35. The molecule has 1 atom stereocenters. The summed E-state index contributed by atoms with van der Waals surface area (Å²) in [6.07, 6.45) is -3.37. The summed E-state index contributed by atoms with van der Waals surface area (Å²) in [4.78, 5) is 0. The van der Waals surface area contributed by atoms with Gasteiger partial charge < -0.3 is 10.5 Å². The standard InChI is InChI=1S/C10H10F3NO/c1-2-8(14)7-5-3-4-6-9(7)15-10(11,12)13/h2-6,8H,1,14H2/t8-/m0/s1. The van der Waals surface area contributed by atoms with Gasteiger partial charge in [0.25, 0.3) is 0 Å². The zero-order valence-corrected chi connectivity index (χ0v) is 7.79. The molecule has 0 aromatic heterocycles. The number of para-hydroxylation sites is 1. The van der Waals surface area contributed by atoms with Crippen LogP contribution in [0.5, 0.6) is 5.75 Å². The molecule has 0 amide bonds. The van der Waals surface area contributed by atoms with Crippen molar-refractivity contribution in [1.29, 1.82) is 0 Å². The summed E-state index contributed by atoms with van der Waals surface area (Å²) in [6, 6.07) is 5.03. The van der Waals surface area contributed by atoms with Crippen molar-refractivity contribution in [2.45, 2.75) is 12.4 Å². The first-order valence-corrected chi connectivity index (χ1v) is 4.17.